The molecular formula is C12H16N2O. The third-order valence-electron chi connectivity index (χ3n) is 2.78. The van der Waals surface area contributed by atoms with Gasteiger partial charge in [0.05, 0.1) is 0 Å². The van der Waals surface area contributed by atoms with E-state index in [1.807, 2.05) is 38.1 Å². The number of hydrogen-bond acceptors (Lipinski definition) is 2. The molecular weight excluding hydrogens is 188 g/mol. The van der Waals surface area contributed by atoms with E-state index in [0.29, 0.717) is 0 Å². The Labute approximate surface area is 89.9 Å². The molecule has 2 N–H and O–H groups in total. The molecule has 0 aromatic heterocycles. The number of hydrogen-bond donors (Lipinski definition) is 2. The van der Waals surface area contributed by atoms with Crippen LogP contribution in [-0.2, 0) is 4.79 Å². The average molecular weight is 204 g/mol. The number of rotatable bonds is 1. The summed E-state index contributed by atoms with van der Waals surface area (Å²) in [6.45, 7) is 4.85. The van der Waals surface area contributed by atoms with Crippen LogP contribution in [0.1, 0.15) is 24.1 Å². The molecule has 1 aromatic rings. The second kappa shape index (κ2) is 4.03. The molecule has 0 bridgehead atoms. The fourth-order valence-electron chi connectivity index (χ4n) is 1.93. The summed E-state index contributed by atoms with van der Waals surface area (Å²) in [7, 11) is 0. The van der Waals surface area contributed by atoms with Crippen molar-refractivity contribution >= 4 is 5.91 Å². The van der Waals surface area contributed by atoms with Gasteiger partial charge in [0, 0.05) is 12.6 Å². The third-order valence-corrected chi connectivity index (χ3v) is 2.78. The first-order valence-corrected chi connectivity index (χ1v) is 5.28. The number of nitrogens with one attached hydrogen (secondary N) is 2. The van der Waals surface area contributed by atoms with Crippen LogP contribution in [-0.4, -0.2) is 18.5 Å². The average Bonchev–Trinajstić information content (AvgIpc) is 2.20. The van der Waals surface area contributed by atoms with Crippen LogP contribution in [0.25, 0.3) is 0 Å². The standard InChI is InChI=1S/C12H16N2O/c1-8-5-3-4-6-10(8)11-12(15)14-9(2)7-13-11/h3-6,9,11,13H,7H2,1-2H3,(H,14,15). The fourth-order valence-corrected chi connectivity index (χ4v) is 1.93. The molecule has 2 unspecified atom stereocenters. The van der Waals surface area contributed by atoms with Gasteiger partial charge in [-0.15, -0.1) is 0 Å². The van der Waals surface area contributed by atoms with Crippen molar-refractivity contribution in [2.24, 2.45) is 0 Å². The van der Waals surface area contributed by atoms with E-state index in [-0.39, 0.29) is 18.0 Å². The highest BCUT2D eigenvalue weighted by molar-refractivity contribution is 5.84. The Morgan fingerprint density at radius 3 is 2.73 bits per heavy atom. The van der Waals surface area contributed by atoms with E-state index < -0.39 is 0 Å². The minimum absolute atomic E-state index is 0.0723. The van der Waals surface area contributed by atoms with E-state index >= 15 is 0 Å². The van der Waals surface area contributed by atoms with Crippen LogP contribution >= 0.6 is 0 Å². The quantitative estimate of drug-likeness (QED) is 0.720. The Balaban J connectivity index is 2.24. The number of benzene rings is 1. The minimum Gasteiger partial charge on any atom is -0.351 e. The lowest BCUT2D eigenvalue weighted by Gasteiger charge is -2.29. The van der Waals surface area contributed by atoms with Gasteiger partial charge in [-0.25, -0.2) is 0 Å². The van der Waals surface area contributed by atoms with Gasteiger partial charge < -0.3 is 10.6 Å². The van der Waals surface area contributed by atoms with Crippen molar-refractivity contribution in [1.29, 1.82) is 0 Å². The normalized spacial score (nSPS) is 26.1. The lowest BCUT2D eigenvalue weighted by molar-refractivity contribution is -0.125. The molecule has 15 heavy (non-hydrogen) atoms. The van der Waals surface area contributed by atoms with Crippen molar-refractivity contribution < 1.29 is 4.79 Å². The predicted molar refractivity (Wildman–Crippen MR) is 59.5 cm³/mol. The molecule has 1 saturated heterocycles. The van der Waals surface area contributed by atoms with Crippen LogP contribution < -0.4 is 10.6 Å². The first-order chi connectivity index (χ1) is 7.18. The van der Waals surface area contributed by atoms with Crippen molar-refractivity contribution in [2.75, 3.05) is 6.54 Å². The molecule has 3 nitrogen and oxygen atoms in total. The van der Waals surface area contributed by atoms with Crippen LogP contribution in [0.4, 0.5) is 0 Å². The van der Waals surface area contributed by atoms with Crippen LogP contribution in [0.5, 0.6) is 0 Å². The second-order valence-corrected chi connectivity index (χ2v) is 4.11. The first-order valence-electron chi connectivity index (χ1n) is 5.28. The molecule has 1 aliphatic rings. The zero-order valence-electron chi connectivity index (χ0n) is 9.08. The van der Waals surface area contributed by atoms with Gasteiger partial charge in [0.15, 0.2) is 0 Å². The van der Waals surface area contributed by atoms with Gasteiger partial charge in [0.25, 0.3) is 0 Å². The molecule has 0 radical (unpaired) electrons. The molecule has 2 rings (SSSR count). The first kappa shape index (κ1) is 10.2. The molecule has 1 heterocycles. The minimum atomic E-state index is -0.192. The van der Waals surface area contributed by atoms with E-state index in [4.69, 9.17) is 0 Å². The molecule has 0 saturated carbocycles. The molecule has 0 spiro atoms. The number of carbonyl (C=O) groups excluding carboxylic acids is 1. The smallest absolute Gasteiger partial charge is 0.242 e. The van der Waals surface area contributed by atoms with Crippen LogP contribution in [0.15, 0.2) is 24.3 Å². The van der Waals surface area contributed by atoms with Crippen molar-refractivity contribution in [3.63, 3.8) is 0 Å². The largest absolute Gasteiger partial charge is 0.351 e. The summed E-state index contributed by atoms with van der Waals surface area (Å²) in [4.78, 5) is 11.8. The Bertz CT molecular complexity index is 376. The second-order valence-electron chi connectivity index (χ2n) is 4.11. The molecule has 1 aliphatic heterocycles. The zero-order chi connectivity index (χ0) is 10.8. The van der Waals surface area contributed by atoms with Crippen molar-refractivity contribution in [3.8, 4) is 0 Å². The van der Waals surface area contributed by atoms with Crippen LogP contribution in [0, 0.1) is 6.92 Å². The molecule has 1 fully saturated rings. The number of piperazine rings is 1. The van der Waals surface area contributed by atoms with Crippen LogP contribution in [0.3, 0.4) is 0 Å². The Hall–Kier alpha value is -1.35. The number of amides is 1. The summed E-state index contributed by atoms with van der Waals surface area (Å²) in [6, 6.07) is 8.02. The van der Waals surface area contributed by atoms with Gasteiger partial charge in [-0.3, -0.25) is 4.79 Å². The van der Waals surface area contributed by atoms with Crippen molar-refractivity contribution in [2.45, 2.75) is 25.9 Å². The SMILES string of the molecule is Cc1ccccc1C1NCC(C)NC1=O. The molecule has 1 aromatic carbocycles. The van der Waals surface area contributed by atoms with E-state index in [0.717, 1.165) is 17.7 Å². The maximum absolute atomic E-state index is 11.8. The van der Waals surface area contributed by atoms with Gasteiger partial charge in [-0.2, -0.15) is 0 Å². The number of carbonyl (C=O) groups is 1. The summed E-state index contributed by atoms with van der Waals surface area (Å²) in [6.07, 6.45) is 0. The van der Waals surface area contributed by atoms with Gasteiger partial charge in [0.2, 0.25) is 5.91 Å². The molecule has 80 valence electrons. The Kier molecular flexibility index (Phi) is 2.73. The lowest BCUT2D eigenvalue weighted by Crippen LogP contribution is -2.52. The Morgan fingerprint density at radius 1 is 1.33 bits per heavy atom. The molecule has 2 atom stereocenters. The van der Waals surface area contributed by atoms with E-state index in [1.165, 1.54) is 0 Å². The topological polar surface area (TPSA) is 41.1 Å². The fraction of sp³-hybridized carbons (Fsp3) is 0.417. The summed E-state index contributed by atoms with van der Waals surface area (Å²) < 4.78 is 0. The maximum atomic E-state index is 11.8. The Morgan fingerprint density at radius 2 is 2.07 bits per heavy atom. The van der Waals surface area contributed by atoms with Crippen molar-refractivity contribution in [3.05, 3.63) is 35.4 Å². The predicted octanol–water partition coefficient (Wildman–Crippen LogP) is 1.14. The summed E-state index contributed by atoms with van der Waals surface area (Å²) >= 11 is 0. The highest BCUT2D eigenvalue weighted by Gasteiger charge is 2.27. The highest BCUT2D eigenvalue weighted by atomic mass is 16.2. The van der Waals surface area contributed by atoms with Gasteiger partial charge in [0.1, 0.15) is 6.04 Å². The highest BCUT2D eigenvalue weighted by Crippen LogP contribution is 2.19. The molecule has 1 amide bonds. The number of aryl methyl sites for hydroxylation is 1. The summed E-state index contributed by atoms with van der Waals surface area (Å²) in [5, 5.41) is 6.22. The summed E-state index contributed by atoms with van der Waals surface area (Å²) in [5.74, 6) is 0.0723. The van der Waals surface area contributed by atoms with Gasteiger partial charge in [-0.1, -0.05) is 24.3 Å². The van der Waals surface area contributed by atoms with E-state index in [1.54, 1.807) is 0 Å². The maximum Gasteiger partial charge on any atom is 0.242 e. The lowest BCUT2D eigenvalue weighted by atomic mass is 9.98. The molecule has 3 heteroatoms. The van der Waals surface area contributed by atoms with Crippen LogP contribution in [0.2, 0.25) is 0 Å². The summed E-state index contributed by atoms with van der Waals surface area (Å²) in [5.41, 5.74) is 2.22. The molecule has 0 aliphatic carbocycles. The zero-order valence-corrected chi connectivity index (χ0v) is 9.08. The monoisotopic (exact) mass is 204 g/mol. The van der Waals surface area contributed by atoms with Gasteiger partial charge >= 0.3 is 0 Å². The third kappa shape index (κ3) is 2.02. The van der Waals surface area contributed by atoms with E-state index in [2.05, 4.69) is 10.6 Å². The van der Waals surface area contributed by atoms with Crippen molar-refractivity contribution in [1.82, 2.24) is 10.6 Å². The van der Waals surface area contributed by atoms with E-state index in [9.17, 15) is 4.79 Å². The van der Waals surface area contributed by atoms with Gasteiger partial charge in [-0.05, 0) is 25.0 Å².